The fraction of sp³-hybridized carbons (Fsp3) is 0.444. The lowest BCUT2D eigenvalue weighted by Gasteiger charge is -1.99. The topological polar surface area (TPSA) is 69.6 Å². The molecular weight excluding hydrogens is 210 g/mol. The van der Waals surface area contributed by atoms with E-state index in [9.17, 15) is 0 Å². The summed E-state index contributed by atoms with van der Waals surface area (Å²) in [5.41, 5.74) is 6.84. The smallest absolute Gasteiger partial charge is 0.165 e. The lowest BCUT2D eigenvalue weighted by molar-refractivity contribution is 0.624. The van der Waals surface area contributed by atoms with Crippen molar-refractivity contribution >= 4 is 11.3 Å². The van der Waals surface area contributed by atoms with Crippen molar-refractivity contribution in [1.29, 1.82) is 0 Å². The average molecular weight is 223 g/mol. The lowest BCUT2D eigenvalue weighted by atomic mass is 10.3. The summed E-state index contributed by atoms with van der Waals surface area (Å²) in [5, 5.41) is 11.4. The van der Waals surface area contributed by atoms with Crippen LogP contribution in [0.1, 0.15) is 21.1 Å². The summed E-state index contributed by atoms with van der Waals surface area (Å²) in [6.07, 6.45) is 0. The van der Waals surface area contributed by atoms with Gasteiger partial charge in [0.1, 0.15) is 0 Å². The molecule has 0 spiro atoms. The SMILES string of the molecule is Cc1cc(Cn2nnnc2CN)sc1C. The molecule has 0 fully saturated rings. The Morgan fingerprint density at radius 3 is 2.87 bits per heavy atom. The monoisotopic (exact) mass is 223 g/mol. The molecule has 0 radical (unpaired) electrons. The summed E-state index contributed by atoms with van der Waals surface area (Å²) in [4.78, 5) is 2.60. The zero-order valence-corrected chi connectivity index (χ0v) is 9.58. The molecule has 2 N–H and O–H groups in total. The average Bonchev–Trinajstić information content (AvgIpc) is 2.75. The number of nitrogens with two attached hydrogens (primary N) is 1. The minimum Gasteiger partial charge on any atom is -0.324 e. The molecule has 2 rings (SSSR count). The first kappa shape index (κ1) is 10.3. The molecule has 0 atom stereocenters. The van der Waals surface area contributed by atoms with Crippen LogP contribution in [0.25, 0.3) is 0 Å². The third-order valence-electron chi connectivity index (χ3n) is 2.31. The maximum atomic E-state index is 5.52. The van der Waals surface area contributed by atoms with Crippen LogP contribution in [0, 0.1) is 13.8 Å². The van der Waals surface area contributed by atoms with Gasteiger partial charge in [-0.1, -0.05) is 0 Å². The molecule has 0 amide bonds. The van der Waals surface area contributed by atoms with Gasteiger partial charge in [-0.3, -0.25) is 0 Å². The molecule has 0 aliphatic heterocycles. The second kappa shape index (κ2) is 4.08. The Labute approximate surface area is 91.9 Å². The second-order valence-electron chi connectivity index (χ2n) is 3.41. The summed E-state index contributed by atoms with van der Waals surface area (Å²) in [6, 6.07) is 2.17. The van der Waals surface area contributed by atoms with Gasteiger partial charge in [0.25, 0.3) is 0 Å². The van der Waals surface area contributed by atoms with Crippen LogP contribution in [0.3, 0.4) is 0 Å². The van der Waals surface area contributed by atoms with E-state index in [0.717, 1.165) is 5.82 Å². The van der Waals surface area contributed by atoms with Crippen molar-refractivity contribution in [2.45, 2.75) is 26.9 Å². The van der Waals surface area contributed by atoms with Gasteiger partial charge < -0.3 is 5.73 Å². The molecule has 80 valence electrons. The first-order valence-electron chi connectivity index (χ1n) is 4.71. The first-order chi connectivity index (χ1) is 7.20. The van der Waals surface area contributed by atoms with Gasteiger partial charge in [0, 0.05) is 9.75 Å². The Morgan fingerprint density at radius 2 is 2.27 bits per heavy atom. The van der Waals surface area contributed by atoms with Crippen LogP contribution in [-0.4, -0.2) is 20.2 Å². The molecule has 0 aromatic carbocycles. The predicted octanol–water partition coefficient (Wildman–Crippen LogP) is 0.858. The third-order valence-corrected chi connectivity index (χ3v) is 3.45. The molecule has 0 aliphatic rings. The molecule has 5 nitrogen and oxygen atoms in total. The van der Waals surface area contributed by atoms with Crippen LogP contribution in [0.4, 0.5) is 0 Å². The summed E-state index contributed by atoms with van der Waals surface area (Å²) < 4.78 is 1.74. The van der Waals surface area contributed by atoms with E-state index < -0.39 is 0 Å². The first-order valence-corrected chi connectivity index (χ1v) is 5.53. The number of nitrogens with zero attached hydrogens (tertiary/aromatic N) is 4. The van der Waals surface area contributed by atoms with Crippen LogP contribution in [0.5, 0.6) is 0 Å². The van der Waals surface area contributed by atoms with Crippen molar-refractivity contribution in [3.8, 4) is 0 Å². The lowest BCUT2D eigenvalue weighted by Crippen LogP contribution is -2.10. The number of hydrogen-bond acceptors (Lipinski definition) is 5. The van der Waals surface area contributed by atoms with Gasteiger partial charge in [0.05, 0.1) is 13.1 Å². The van der Waals surface area contributed by atoms with E-state index in [2.05, 4.69) is 35.4 Å². The summed E-state index contributed by atoms with van der Waals surface area (Å²) in [6.45, 7) is 5.31. The van der Waals surface area contributed by atoms with Gasteiger partial charge in [-0.15, -0.1) is 16.4 Å². The molecule has 0 unspecified atom stereocenters. The molecule has 2 aromatic heterocycles. The number of aryl methyl sites for hydroxylation is 2. The second-order valence-corrected chi connectivity index (χ2v) is 4.75. The van der Waals surface area contributed by atoms with Crippen molar-refractivity contribution in [2.24, 2.45) is 5.73 Å². The Kier molecular flexibility index (Phi) is 2.79. The standard InChI is InChI=1S/C9H13N5S/c1-6-3-8(15-7(6)2)5-14-9(4-10)11-12-13-14/h3H,4-5,10H2,1-2H3. The molecule has 0 saturated carbocycles. The van der Waals surface area contributed by atoms with E-state index in [1.165, 1.54) is 15.3 Å². The van der Waals surface area contributed by atoms with Crippen molar-refractivity contribution < 1.29 is 0 Å². The van der Waals surface area contributed by atoms with Gasteiger partial charge in [0.15, 0.2) is 5.82 Å². The van der Waals surface area contributed by atoms with Crippen LogP contribution < -0.4 is 5.73 Å². The predicted molar refractivity (Wildman–Crippen MR) is 58.6 cm³/mol. The van der Waals surface area contributed by atoms with Gasteiger partial charge >= 0.3 is 0 Å². The van der Waals surface area contributed by atoms with Gasteiger partial charge in [0.2, 0.25) is 0 Å². The van der Waals surface area contributed by atoms with E-state index in [1.54, 1.807) is 16.0 Å². The zero-order valence-electron chi connectivity index (χ0n) is 8.77. The summed E-state index contributed by atoms with van der Waals surface area (Å²) >= 11 is 1.77. The fourth-order valence-corrected chi connectivity index (χ4v) is 2.40. The van der Waals surface area contributed by atoms with Crippen LogP contribution in [0.15, 0.2) is 6.07 Å². The van der Waals surface area contributed by atoms with Crippen molar-refractivity contribution in [2.75, 3.05) is 0 Å². The van der Waals surface area contributed by atoms with Crippen LogP contribution in [-0.2, 0) is 13.1 Å². The number of thiophene rings is 1. The zero-order chi connectivity index (χ0) is 10.8. The van der Waals surface area contributed by atoms with Crippen molar-refractivity contribution in [3.05, 3.63) is 27.2 Å². The normalized spacial score (nSPS) is 10.9. The Balaban J connectivity index is 2.21. The highest BCUT2D eigenvalue weighted by Gasteiger charge is 2.07. The Hall–Kier alpha value is -1.27. The molecule has 0 aliphatic carbocycles. The largest absolute Gasteiger partial charge is 0.324 e. The van der Waals surface area contributed by atoms with Crippen LogP contribution in [0.2, 0.25) is 0 Å². The van der Waals surface area contributed by atoms with Crippen molar-refractivity contribution in [1.82, 2.24) is 20.2 Å². The maximum absolute atomic E-state index is 5.52. The van der Waals surface area contributed by atoms with Gasteiger partial charge in [-0.25, -0.2) is 4.68 Å². The third kappa shape index (κ3) is 2.05. The molecular formula is C9H13N5S. The summed E-state index contributed by atoms with van der Waals surface area (Å²) in [5.74, 6) is 0.721. The molecule has 15 heavy (non-hydrogen) atoms. The van der Waals surface area contributed by atoms with E-state index in [4.69, 9.17) is 5.73 Å². The highest BCUT2D eigenvalue weighted by atomic mass is 32.1. The Bertz CT molecular complexity index is 439. The highest BCUT2D eigenvalue weighted by molar-refractivity contribution is 7.12. The van der Waals surface area contributed by atoms with E-state index >= 15 is 0 Å². The molecule has 2 aromatic rings. The van der Waals surface area contributed by atoms with Crippen molar-refractivity contribution in [3.63, 3.8) is 0 Å². The van der Waals surface area contributed by atoms with Gasteiger partial charge in [-0.2, -0.15) is 0 Å². The minimum atomic E-state index is 0.371. The number of hydrogen-bond donors (Lipinski definition) is 1. The van der Waals surface area contributed by atoms with Gasteiger partial charge in [-0.05, 0) is 35.9 Å². The maximum Gasteiger partial charge on any atom is 0.165 e. The molecule has 0 saturated heterocycles. The van der Waals surface area contributed by atoms with Crippen LogP contribution >= 0.6 is 11.3 Å². The number of aromatic nitrogens is 4. The Morgan fingerprint density at radius 1 is 1.47 bits per heavy atom. The number of tetrazole rings is 1. The van der Waals surface area contributed by atoms with E-state index in [0.29, 0.717) is 13.1 Å². The summed E-state index contributed by atoms with van der Waals surface area (Å²) in [7, 11) is 0. The fourth-order valence-electron chi connectivity index (χ4n) is 1.37. The molecule has 2 heterocycles. The molecule has 6 heteroatoms. The minimum absolute atomic E-state index is 0.371. The van der Waals surface area contributed by atoms with E-state index in [-0.39, 0.29) is 0 Å². The quantitative estimate of drug-likeness (QED) is 0.837. The molecule has 0 bridgehead atoms. The van der Waals surface area contributed by atoms with E-state index in [1.807, 2.05) is 0 Å². The highest BCUT2D eigenvalue weighted by Crippen LogP contribution is 2.21. The number of rotatable bonds is 3.